The molecule has 1 aromatic rings. The van der Waals surface area contributed by atoms with Gasteiger partial charge in [0.2, 0.25) is 0 Å². The monoisotopic (exact) mass is 249 g/mol. The van der Waals surface area contributed by atoms with Gasteiger partial charge >= 0.3 is 0 Å². The van der Waals surface area contributed by atoms with Gasteiger partial charge in [0.1, 0.15) is 5.69 Å². The molecule has 0 aliphatic carbocycles. The van der Waals surface area contributed by atoms with Crippen LogP contribution in [0.3, 0.4) is 0 Å². The lowest BCUT2D eigenvalue weighted by Gasteiger charge is -2.25. The minimum absolute atomic E-state index is 0.129. The molecular formula is C14H23N3O. The van der Waals surface area contributed by atoms with Crippen LogP contribution in [0.2, 0.25) is 0 Å². The molecule has 0 N–H and O–H groups in total. The maximum absolute atomic E-state index is 12.5. The van der Waals surface area contributed by atoms with Gasteiger partial charge in [0.25, 0.3) is 5.91 Å². The minimum atomic E-state index is -0.152. The van der Waals surface area contributed by atoms with Crippen LogP contribution in [0.15, 0.2) is 12.3 Å². The van der Waals surface area contributed by atoms with Crippen molar-refractivity contribution in [2.24, 2.45) is 0 Å². The Balaban J connectivity index is 2.20. The molecule has 1 saturated heterocycles. The Morgan fingerprint density at radius 1 is 1.17 bits per heavy atom. The van der Waals surface area contributed by atoms with Gasteiger partial charge in [-0.3, -0.25) is 9.48 Å². The first-order chi connectivity index (χ1) is 8.50. The zero-order chi connectivity index (χ0) is 13.2. The fraction of sp³-hybridized carbons (Fsp3) is 0.714. The number of amides is 1. The second-order valence-electron chi connectivity index (χ2n) is 6.01. The van der Waals surface area contributed by atoms with Crippen LogP contribution in [0.1, 0.15) is 56.9 Å². The van der Waals surface area contributed by atoms with Crippen LogP contribution in [0, 0.1) is 0 Å². The molecule has 2 rings (SSSR count). The van der Waals surface area contributed by atoms with E-state index in [0.717, 1.165) is 25.9 Å². The van der Waals surface area contributed by atoms with Crippen molar-refractivity contribution in [2.75, 3.05) is 13.1 Å². The number of hydrogen-bond donors (Lipinski definition) is 0. The molecule has 0 unspecified atom stereocenters. The third-order valence-electron chi connectivity index (χ3n) is 3.39. The molecule has 0 atom stereocenters. The second-order valence-corrected chi connectivity index (χ2v) is 6.01. The molecule has 4 nitrogen and oxygen atoms in total. The van der Waals surface area contributed by atoms with Crippen LogP contribution in [0.25, 0.3) is 0 Å². The number of carbonyl (C=O) groups excluding carboxylic acids is 1. The van der Waals surface area contributed by atoms with Gasteiger partial charge in [-0.25, -0.2) is 0 Å². The summed E-state index contributed by atoms with van der Waals surface area (Å²) >= 11 is 0. The second kappa shape index (κ2) is 5.12. The first kappa shape index (κ1) is 13.1. The molecule has 0 saturated carbocycles. The Morgan fingerprint density at radius 2 is 1.78 bits per heavy atom. The third-order valence-corrected chi connectivity index (χ3v) is 3.39. The Hall–Kier alpha value is -1.32. The highest BCUT2D eigenvalue weighted by atomic mass is 16.2. The van der Waals surface area contributed by atoms with E-state index < -0.39 is 0 Å². The van der Waals surface area contributed by atoms with E-state index in [1.54, 1.807) is 6.20 Å². The van der Waals surface area contributed by atoms with Crippen LogP contribution in [0.4, 0.5) is 0 Å². The molecule has 1 fully saturated rings. The van der Waals surface area contributed by atoms with E-state index in [9.17, 15) is 4.79 Å². The first-order valence-electron chi connectivity index (χ1n) is 6.84. The van der Waals surface area contributed by atoms with Crippen LogP contribution in [0.5, 0.6) is 0 Å². The fourth-order valence-corrected chi connectivity index (χ4v) is 2.44. The molecule has 2 heterocycles. The molecule has 0 aromatic carbocycles. The lowest BCUT2D eigenvalue weighted by molar-refractivity contribution is 0.0741. The molecule has 4 heteroatoms. The number of hydrogen-bond acceptors (Lipinski definition) is 2. The summed E-state index contributed by atoms with van der Waals surface area (Å²) in [5.41, 5.74) is 0.560. The number of carbonyl (C=O) groups is 1. The van der Waals surface area contributed by atoms with Crippen molar-refractivity contribution in [3.8, 4) is 0 Å². The van der Waals surface area contributed by atoms with E-state index in [0.29, 0.717) is 5.69 Å². The first-order valence-corrected chi connectivity index (χ1v) is 6.84. The van der Waals surface area contributed by atoms with Crippen molar-refractivity contribution in [1.29, 1.82) is 0 Å². The number of likely N-dealkylation sites (tertiary alicyclic amines) is 1. The van der Waals surface area contributed by atoms with Crippen LogP contribution >= 0.6 is 0 Å². The normalized spacial score (nSPS) is 17.6. The summed E-state index contributed by atoms with van der Waals surface area (Å²) in [5.74, 6) is 0.129. The molecule has 1 amide bonds. The molecule has 1 aliphatic heterocycles. The van der Waals surface area contributed by atoms with Crippen molar-refractivity contribution in [3.63, 3.8) is 0 Å². The van der Waals surface area contributed by atoms with Crippen LogP contribution < -0.4 is 0 Å². The Labute approximate surface area is 109 Å². The molecular weight excluding hydrogens is 226 g/mol. The quantitative estimate of drug-likeness (QED) is 0.767. The van der Waals surface area contributed by atoms with Gasteiger partial charge in [-0.05, 0) is 39.7 Å². The van der Waals surface area contributed by atoms with Gasteiger partial charge in [-0.15, -0.1) is 0 Å². The predicted octanol–water partition coefficient (Wildman–Crippen LogP) is 2.65. The van der Waals surface area contributed by atoms with Crippen LogP contribution in [-0.2, 0) is 5.54 Å². The Bertz CT molecular complexity index is 409. The number of nitrogens with zero attached hydrogens (tertiary/aromatic N) is 3. The van der Waals surface area contributed by atoms with E-state index in [4.69, 9.17) is 0 Å². The molecule has 1 aromatic heterocycles. The van der Waals surface area contributed by atoms with Crippen molar-refractivity contribution < 1.29 is 4.79 Å². The molecule has 18 heavy (non-hydrogen) atoms. The summed E-state index contributed by atoms with van der Waals surface area (Å²) < 4.78 is 1.83. The van der Waals surface area contributed by atoms with Crippen molar-refractivity contribution in [1.82, 2.24) is 14.7 Å². The van der Waals surface area contributed by atoms with Gasteiger partial charge < -0.3 is 4.90 Å². The smallest absolute Gasteiger partial charge is 0.272 e. The van der Waals surface area contributed by atoms with Gasteiger partial charge in [0.05, 0.1) is 5.54 Å². The fourth-order valence-electron chi connectivity index (χ4n) is 2.44. The highest BCUT2D eigenvalue weighted by Gasteiger charge is 2.25. The number of rotatable bonds is 1. The minimum Gasteiger partial charge on any atom is -0.337 e. The maximum Gasteiger partial charge on any atom is 0.272 e. The summed E-state index contributed by atoms with van der Waals surface area (Å²) in [6.07, 6.45) is 6.44. The average Bonchev–Trinajstić information content (AvgIpc) is 2.64. The van der Waals surface area contributed by atoms with E-state index in [2.05, 4.69) is 25.9 Å². The van der Waals surface area contributed by atoms with Gasteiger partial charge in [-0.1, -0.05) is 12.8 Å². The summed E-state index contributed by atoms with van der Waals surface area (Å²) in [7, 11) is 0. The lowest BCUT2D eigenvalue weighted by atomic mass is 10.1. The highest BCUT2D eigenvalue weighted by Crippen LogP contribution is 2.18. The zero-order valence-corrected chi connectivity index (χ0v) is 11.6. The summed E-state index contributed by atoms with van der Waals surface area (Å²) in [5, 5.41) is 4.30. The van der Waals surface area contributed by atoms with E-state index in [1.807, 2.05) is 15.6 Å². The van der Waals surface area contributed by atoms with Crippen LogP contribution in [-0.4, -0.2) is 33.7 Å². The average molecular weight is 249 g/mol. The van der Waals surface area contributed by atoms with Gasteiger partial charge in [0.15, 0.2) is 0 Å². The molecule has 0 bridgehead atoms. The SMILES string of the molecule is CC(C)(C)n1nccc1C(=O)N1CCCCCC1. The number of aromatic nitrogens is 2. The highest BCUT2D eigenvalue weighted by molar-refractivity contribution is 5.92. The maximum atomic E-state index is 12.5. The summed E-state index contributed by atoms with van der Waals surface area (Å²) in [4.78, 5) is 14.5. The van der Waals surface area contributed by atoms with E-state index in [-0.39, 0.29) is 11.4 Å². The van der Waals surface area contributed by atoms with Gasteiger partial charge in [0, 0.05) is 19.3 Å². The van der Waals surface area contributed by atoms with Crippen molar-refractivity contribution in [2.45, 2.75) is 52.0 Å². The predicted molar refractivity (Wildman–Crippen MR) is 71.6 cm³/mol. The molecule has 1 aliphatic rings. The topological polar surface area (TPSA) is 38.1 Å². The largest absolute Gasteiger partial charge is 0.337 e. The molecule has 0 radical (unpaired) electrons. The third kappa shape index (κ3) is 2.74. The molecule has 0 spiro atoms. The zero-order valence-electron chi connectivity index (χ0n) is 11.6. The standard InChI is InChI=1S/C14H23N3O/c1-14(2,3)17-12(8-9-15-17)13(18)16-10-6-4-5-7-11-16/h8-9H,4-7,10-11H2,1-3H3. The van der Waals surface area contributed by atoms with E-state index in [1.165, 1.54) is 12.8 Å². The lowest BCUT2D eigenvalue weighted by Crippen LogP contribution is -2.36. The van der Waals surface area contributed by atoms with Crippen molar-refractivity contribution >= 4 is 5.91 Å². The molecule has 100 valence electrons. The summed E-state index contributed by atoms with van der Waals surface area (Å²) in [6, 6.07) is 1.83. The summed E-state index contributed by atoms with van der Waals surface area (Å²) in [6.45, 7) is 7.97. The van der Waals surface area contributed by atoms with Crippen molar-refractivity contribution in [3.05, 3.63) is 18.0 Å². The van der Waals surface area contributed by atoms with E-state index >= 15 is 0 Å². The van der Waals surface area contributed by atoms with Gasteiger partial charge in [-0.2, -0.15) is 5.10 Å². The Kier molecular flexibility index (Phi) is 3.73. The Morgan fingerprint density at radius 3 is 2.33 bits per heavy atom.